The van der Waals surface area contributed by atoms with Crippen molar-refractivity contribution < 1.29 is 0 Å². The molecular weight excluding hydrogens is 413 g/mol. The molecule has 0 amide bonds. The number of aromatic nitrogens is 4. The second-order valence-electron chi connectivity index (χ2n) is 5.60. The fourth-order valence-electron chi connectivity index (χ4n) is 2.86. The first-order chi connectivity index (χ1) is 12.4. The van der Waals surface area contributed by atoms with Crippen molar-refractivity contribution in [1.82, 2.24) is 19.7 Å². The third kappa shape index (κ3) is 3.36. The van der Waals surface area contributed by atoms with Crippen molar-refractivity contribution in [2.24, 2.45) is 0 Å². The van der Waals surface area contributed by atoms with Crippen LogP contribution in [0.5, 0.6) is 0 Å². The molecule has 138 valence electrons. The summed E-state index contributed by atoms with van der Waals surface area (Å²) in [5.74, 6) is 1.53. The van der Waals surface area contributed by atoms with E-state index in [1.54, 1.807) is 16.8 Å². The second-order valence-corrected chi connectivity index (χ2v) is 7.65. The molecule has 3 aromatic rings. The summed E-state index contributed by atoms with van der Waals surface area (Å²) in [6.45, 7) is 7.74. The van der Waals surface area contributed by atoms with Crippen molar-refractivity contribution in [2.45, 2.75) is 25.8 Å². The molecule has 0 bridgehead atoms. The molecule has 26 heavy (non-hydrogen) atoms. The highest BCUT2D eigenvalue weighted by Crippen LogP contribution is 2.38. The Kier molecular flexibility index (Phi) is 5.87. The minimum atomic E-state index is 0.417. The highest BCUT2D eigenvalue weighted by molar-refractivity contribution is 7.98. The number of thioether (sulfide) groups is 1. The van der Waals surface area contributed by atoms with Gasteiger partial charge in [-0.3, -0.25) is 0 Å². The molecule has 0 radical (unpaired) electrons. The van der Waals surface area contributed by atoms with E-state index in [2.05, 4.69) is 28.7 Å². The van der Waals surface area contributed by atoms with E-state index in [0.29, 0.717) is 32.2 Å². The Labute approximate surface area is 171 Å². The predicted molar refractivity (Wildman–Crippen MR) is 112 cm³/mol. The van der Waals surface area contributed by atoms with Gasteiger partial charge in [0.15, 0.2) is 5.65 Å². The summed E-state index contributed by atoms with van der Waals surface area (Å²) in [6.07, 6.45) is 1.98. The number of benzene rings is 1. The Balaban J connectivity index is 2.40. The Morgan fingerprint density at radius 1 is 1.08 bits per heavy atom. The van der Waals surface area contributed by atoms with Gasteiger partial charge >= 0.3 is 0 Å². The predicted octanol–water partition coefficient (Wildman–Crippen LogP) is 5.65. The van der Waals surface area contributed by atoms with Gasteiger partial charge in [-0.2, -0.15) is 5.10 Å². The standard InChI is InChI=1S/C17H18Cl3N5S/c1-5-24(6-2)15-13-16(22-9(3)21-15)25(23-17(13)26-4)14-11(19)7-10(18)8-12(14)20/h7-8H,5-6H2,1-4H3. The lowest BCUT2D eigenvalue weighted by molar-refractivity contribution is 0.839. The van der Waals surface area contributed by atoms with Crippen LogP contribution in [0.15, 0.2) is 17.2 Å². The van der Waals surface area contributed by atoms with Crippen LogP contribution < -0.4 is 4.90 Å². The highest BCUT2D eigenvalue weighted by Gasteiger charge is 2.23. The number of rotatable bonds is 5. The molecule has 0 saturated heterocycles. The van der Waals surface area contributed by atoms with Gasteiger partial charge in [-0.25, -0.2) is 14.6 Å². The number of nitrogens with zero attached hydrogens (tertiary/aromatic N) is 5. The maximum Gasteiger partial charge on any atom is 0.170 e. The van der Waals surface area contributed by atoms with E-state index in [-0.39, 0.29) is 0 Å². The van der Waals surface area contributed by atoms with E-state index >= 15 is 0 Å². The quantitative estimate of drug-likeness (QED) is 0.489. The van der Waals surface area contributed by atoms with Gasteiger partial charge in [-0.1, -0.05) is 34.8 Å². The van der Waals surface area contributed by atoms with E-state index in [1.807, 2.05) is 13.2 Å². The fraction of sp³-hybridized carbons (Fsp3) is 0.353. The summed E-state index contributed by atoms with van der Waals surface area (Å²) in [5.41, 5.74) is 1.24. The van der Waals surface area contributed by atoms with Crippen LogP contribution in [0, 0.1) is 6.92 Å². The van der Waals surface area contributed by atoms with Crippen LogP contribution >= 0.6 is 46.6 Å². The van der Waals surface area contributed by atoms with E-state index < -0.39 is 0 Å². The van der Waals surface area contributed by atoms with E-state index in [0.717, 1.165) is 29.3 Å². The molecule has 0 aliphatic rings. The zero-order valence-electron chi connectivity index (χ0n) is 14.8. The molecule has 0 aliphatic heterocycles. The van der Waals surface area contributed by atoms with Crippen LogP contribution in [0.1, 0.15) is 19.7 Å². The number of fused-ring (bicyclic) bond motifs is 1. The third-order valence-corrected chi connectivity index (χ3v) is 5.50. The molecule has 3 rings (SSSR count). The molecule has 0 aliphatic carbocycles. The lowest BCUT2D eigenvalue weighted by atomic mass is 10.3. The molecule has 2 aromatic heterocycles. The Morgan fingerprint density at radius 2 is 1.69 bits per heavy atom. The Hall–Kier alpha value is -1.21. The summed E-state index contributed by atoms with van der Waals surface area (Å²) in [6, 6.07) is 3.30. The molecule has 0 unspecified atom stereocenters. The summed E-state index contributed by atoms with van der Waals surface area (Å²) in [4.78, 5) is 11.5. The van der Waals surface area contributed by atoms with Gasteiger partial charge in [0.2, 0.25) is 0 Å². The van der Waals surface area contributed by atoms with Crippen LogP contribution in [0.25, 0.3) is 16.7 Å². The number of aryl methyl sites for hydroxylation is 1. The first-order valence-corrected chi connectivity index (χ1v) is 10.5. The van der Waals surface area contributed by atoms with Gasteiger partial charge in [0.05, 0.1) is 15.4 Å². The summed E-state index contributed by atoms with van der Waals surface area (Å²) >= 11 is 20.4. The van der Waals surface area contributed by atoms with Gasteiger partial charge in [0.25, 0.3) is 0 Å². The lowest BCUT2D eigenvalue weighted by Crippen LogP contribution is -2.23. The third-order valence-electron chi connectivity index (χ3n) is 4.04. The van der Waals surface area contributed by atoms with Gasteiger partial charge in [0, 0.05) is 18.1 Å². The van der Waals surface area contributed by atoms with Crippen molar-refractivity contribution in [3.8, 4) is 5.69 Å². The number of hydrogen-bond acceptors (Lipinski definition) is 5. The largest absolute Gasteiger partial charge is 0.356 e. The summed E-state index contributed by atoms with van der Waals surface area (Å²) < 4.78 is 1.68. The summed E-state index contributed by atoms with van der Waals surface area (Å²) in [5, 5.41) is 7.75. The SMILES string of the molecule is CCN(CC)c1nc(C)nc2c1c(SC)nn2-c1c(Cl)cc(Cl)cc1Cl. The van der Waals surface area contributed by atoms with Crippen LogP contribution in [0.4, 0.5) is 5.82 Å². The zero-order valence-corrected chi connectivity index (χ0v) is 17.9. The number of hydrogen-bond donors (Lipinski definition) is 0. The molecule has 9 heteroatoms. The average Bonchev–Trinajstić information content (AvgIpc) is 2.93. The first-order valence-electron chi connectivity index (χ1n) is 8.12. The lowest BCUT2D eigenvalue weighted by Gasteiger charge is -2.21. The van der Waals surface area contributed by atoms with Gasteiger partial charge in [-0.05, 0) is 39.2 Å². The van der Waals surface area contributed by atoms with Crippen molar-refractivity contribution in [3.05, 3.63) is 33.0 Å². The Bertz CT molecular complexity index is 946. The minimum absolute atomic E-state index is 0.417. The molecule has 5 nitrogen and oxygen atoms in total. The smallest absolute Gasteiger partial charge is 0.170 e. The van der Waals surface area contributed by atoms with Crippen molar-refractivity contribution in [2.75, 3.05) is 24.2 Å². The van der Waals surface area contributed by atoms with E-state index in [9.17, 15) is 0 Å². The van der Waals surface area contributed by atoms with Crippen LogP contribution in [0.3, 0.4) is 0 Å². The average molecular weight is 431 g/mol. The molecular formula is C17H18Cl3N5S. The molecule has 0 atom stereocenters. The number of anilines is 1. The highest BCUT2D eigenvalue weighted by atomic mass is 35.5. The topological polar surface area (TPSA) is 46.8 Å². The van der Waals surface area contributed by atoms with Gasteiger partial charge < -0.3 is 4.90 Å². The molecule has 1 aromatic carbocycles. The normalized spacial score (nSPS) is 11.3. The van der Waals surface area contributed by atoms with Crippen molar-refractivity contribution >= 4 is 63.4 Å². The molecule has 0 saturated carbocycles. The minimum Gasteiger partial charge on any atom is -0.356 e. The fourth-order valence-corrected chi connectivity index (χ4v) is 4.39. The van der Waals surface area contributed by atoms with Crippen molar-refractivity contribution in [3.63, 3.8) is 0 Å². The van der Waals surface area contributed by atoms with Crippen LogP contribution in [0.2, 0.25) is 15.1 Å². The molecule has 0 fully saturated rings. The van der Waals surface area contributed by atoms with E-state index in [4.69, 9.17) is 39.9 Å². The maximum atomic E-state index is 6.43. The first kappa shape index (κ1) is 19.5. The second kappa shape index (κ2) is 7.80. The Morgan fingerprint density at radius 3 is 2.23 bits per heavy atom. The maximum absolute atomic E-state index is 6.43. The zero-order chi connectivity index (χ0) is 19.0. The molecule has 2 heterocycles. The van der Waals surface area contributed by atoms with Crippen LogP contribution in [-0.2, 0) is 0 Å². The molecule has 0 spiro atoms. The van der Waals surface area contributed by atoms with Gasteiger partial charge in [0.1, 0.15) is 22.4 Å². The van der Waals surface area contributed by atoms with Gasteiger partial charge in [-0.15, -0.1) is 11.8 Å². The molecule has 0 N–H and O–H groups in total. The number of halogens is 3. The monoisotopic (exact) mass is 429 g/mol. The summed E-state index contributed by atoms with van der Waals surface area (Å²) in [7, 11) is 0. The van der Waals surface area contributed by atoms with Crippen LogP contribution in [-0.4, -0.2) is 39.1 Å². The van der Waals surface area contributed by atoms with E-state index in [1.165, 1.54) is 11.8 Å². The van der Waals surface area contributed by atoms with Crippen molar-refractivity contribution in [1.29, 1.82) is 0 Å².